The molecule has 1 aromatic heterocycles. The lowest BCUT2D eigenvalue weighted by Crippen LogP contribution is -2.40. The Morgan fingerprint density at radius 3 is 2.59 bits per heavy atom. The number of carbonyl (C=O) groups is 1. The van der Waals surface area contributed by atoms with Gasteiger partial charge in [0.25, 0.3) is 0 Å². The van der Waals surface area contributed by atoms with Crippen LogP contribution in [0.3, 0.4) is 0 Å². The molecule has 0 saturated heterocycles. The highest BCUT2D eigenvalue weighted by Gasteiger charge is 2.32. The van der Waals surface area contributed by atoms with Gasteiger partial charge in [0.1, 0.15) is 11.6 Å². The summed E-state index contributed by atoms with van der Waals surface area (Å²) in [5, 5.41) is 9.30. The molecule has 4 aromatic rings. The largest absolute Gasteiger partial charge is 0.369 e. The van der Waals surface area contributed by atoms with Crippen LogP contribution in [0.5, 0.6) is 0 Å². The van der Waals surface area contributed by atoms with E-state index in [1.807, 2.05) is 24.3 Å². The Hall–Kier alpha value is -4.35. The molecule has 0 aliphatic carbocycles. The maximum Gasteiger partial charge on any atom is 0.240 e. The van der Waals surface area contributed by atoms with Crippen LogP contribution in [0, 0.1) is 5.82 Å². The zero-order valence-electron chi connectivity index (χ0n) is 22.7. The molecule has 1 aliphatic heterocycles. The molecule has 0 radical (unpaired) electrons. The van der Waals surface area contributed by atoms with Crippen LogP contribution in [-0.2, 0) is 26.8 Å². The minimum absolute atomic E-state index is 0.165. The maximum atomic E-state index is 14.3. The minimum atomic E-state index is -3.63. The predicted octanol–water partition coefficient (Wildman–Crippen LogP) is 4.71. The second-order valence-electron chi connectivity index (χ2n) is 10.3. The van der Waals surface area contributed by atoms with Crippen LogP contribution in [-0.4, -0.2) is 37.4 Å². The lowest BCUT2D eigenvalue weighted by molar-refractivity contribution is -0.125. The van der Waals surface area contributed by atoms with Crippen LogP contribution in [0.4, 0.5) is 21.8 Å². The van der Waals surface area contributed by atoms with Gasteiger partial charge >= 0.3 is 0 Å². The molecule has 3 aromatic carbocycles. The standard InChI is InChI=1S/C30H31FN6O3S/c1-30(2,25-9-3-4-10-26(25)31)28(38)33-18-20-11-13-21(14-12-20)24-19-34-29-36-22-7-5-8-23(17-22)41(39,40)35-16-6-15-32-27(24)37-29/h3-5,7-14,17,19,35H,6,15-16,18H2,1-2H3,(H,33,38)(H2,32,34,36,37). The van der Waals surface area contributed by atoms with E-state index in [2.05, 4.69) is 30.6 Å². The molecule has 41 heavy (non-hydrogen) atoms. The number of hydrogen-bond acceptors (Lipinski definition) is 7. The van der Waals surface area contributed by atoms with Crippen molar-refractivity contribution in [2.45, 2.75) is 37.1 Å². The van der Waals surface area contributed by atoms with Crippen molar-refractivity contribution in [2.75, 3.05) is 23.7 Å². The van der Waals surface area contributed by atoms with Gasteiger partial charge in [0.2, 0.25) is 21.9 Å². The lowest BCUT2D eigenvalue weighted by atomic mass is 9.83. The summed E-state index contributed by atoms with van der Waals surface area (Å²) in [6.45, 7) is 4.45. The smallest absolute Gasteiger partial charge is 0.240 e. The van der Waals surface area contributed by atoms with E-state index >= 15 is 0 Å². The third-order valence-corrected chi connectivity index (χ3v) is 8.42. The Labute approximate surface area is 238 Å². The van der Waals surface area contributed by atoms with E-state index in [4.69, 9.17) is 0 Å². The van der Waals surface area contributed by atoms with Crippen LogP contribution >= 0.6 is 0 Å². The number of rotatable bonds is 5. The molecule has 2 heterocycles. The van der Waals surface area contributed by atoms with E-state index < -0.39 is 21.3 Å². The van der Waals surface area contributed by atoms with Crippen molar-refractivity contribution >= 4 is 33.4 Å². The third kappa shape index (κ3) is 6.36. The predicted molar refractivity (Wildman–Crippen MR) is 157 cm³/mol. The lowest BCUT2D eigenvalue weighted by Gasteiger charge is -2.24. The van der Waals surface area contributed by atoms with Gasteiger partial charge in [-0.1, -0.05) is 48.5 Å². The number of carbonyl (C=O) groups excluding carboxylic acids is 1. The zero-order chi connectivity index (χ0) is 29.0. The minimum Gasteiger partial charge on any atom is -0.369 e. The molecule has 0 saturated carbocycles. The monoisotopic (exact) mass is 574 g/mol. The van der Waals surface area contributed by atoms with Crippen molar-refractivity contribution in [1.82, 2.24) is 20.0 Å². The zero-order valence-corrected chi connectivity index (χ0v) is 23.6. The summed E-state index contributed by atoms with van der Waals surface area (Å²) in [7, 11) is -3.63. The molecular weight excluding hydrogens is 543 g/mol. The van der Waals surface area contributed by atoms with Crippen molar-refractivity contribution in [2.24, 2.45) is 0 Å². The number of aromatic nitrogens is 2. The Balaban J connectivity index is 1.32. The number of fused-ring (bicyclic) bond motifs is 4. The van der Waals surface area contributed by atoms with E-state index in [0.717, 1.165) is 16.7 Å². The summed E-state index contributed by atoms with van der Waals surface area (Å²) in [5.41, 5.74) is 2.39. The molecule has 0 fully saturated rings. The number of hydrogen-bond donors (Lipinski definition) is 4. The molecule has 0 atom stereocenters. The first-order valence-electron chi connectivity index (χ1n) is 13.2. The summed E-state index contributed by atoms with van der Waals surface area (Å²) in [6.07, 6.45) is 2.26. The molecule has 1 amide bonds. The molecule has 1 aliphatic rings. The highest BCUT2D eigenvalue weighted by atomic mass is 32.2. The average molecular weight is 575 g/mol. The summed E-state index contributed by atoms with van der Waals surface area (Å²) in [5.74, 6) is 0.252. The van der Waals surface area contributed by atoms with Gasteiger partial charge in [-0.05, 0) is 55.7 Å². The highest BCUT2D eigenvalue weighted by molar-refractivity contribution is 7.89. The fourth-order valence-electron chi connectivity index (χ4n) is 4.54. The topological polar surface area (TPSA) is 125 Å². The third-order valence-electron chi connectivity index (χ3n) is 6.96. The SMILES string of the molecule is CC(C)(C(=O)NCc1ccc(-c2cnc3nc2NCCCNS(=O)(=O)c2cccc(c2)N3)cc1)c1ccccc1F. The Kier molecular flexibility index (Phi) is 8.00. The van der Waals surface area contributed by atoms with Crippen LogP contribution in [0.25, 0.3) is 11.1 Å². The van der Waals surface area contributed by atoms with Gasteiger partial charge in [0.15, 0.2) is 0 Å². The number of benzene rings is 3. The molecule has 9 nitrogen and oxygen atoms in total. The van der Waals surface area contributed by atoms with Crippen molar-refractivity contribution in [3.8, 4) is 11.1 Å². The molecule has 0 spiro atoms. The highest BCUT2D eigenvalue weighted by Crippen LogP contribution is 2.29. The molecule has 5 rings (SSSR count). The van der Waals surface area contributed by atoms with Gasteiger partial charge in [-0.15, -0.1) is 0 Å². The molecule has 4 N–H and O–H groups in total. The Morgan fingerprint density at radius 1 is 1.02 bits per heavy atom. The van der Waals surface area contributed by atoms with Gasteiger partial charge < -0.3 is 16.0 Å². The Bertz CT molecular complexity index is 1680. The molecule has 11 heteroatoms. The molecule has 0 unspecified atom stereocenters. The molecular formula is C30H31FN6O3S. The van der Waals surface area contributed by atoms with Gasteiger partial charge in [0, 0.05) is 42.6 Å². The summed E-state index contributed by atoms with van der Waals surface area (Å²) in [6, 6.07) is 20.5. The van der Waals surface area contributed by atoms with Crippen molar-refractivity contribution < 1.29 is 17.6 Å². The van der Waals surface area contributed by atoms with Gasteiger partial charge in [0.05, 0.1) is 10.3 Å². The van der Waals surface area contributed by atoms with Crippen LogP contribution in [0.15, 0.2) is 83.9 Å². The van der Waals surface area contributed by atoms with E-state index in [0.29, 0.717) is 36.0 Å². The maximum absolute atomic E-state index is 14.3. The van der Waals surface area contributed by atoms with Crippen LogP contribution in [0.1, 0.15) is 31.4 Å². The summed E-state index contributed by atoms with van der Waals surface area (Å²) in [4.78, 5) is 22.2. The molecule has 212 valence electrons. The van der Waals surface area contributed by atoms with Crippen LogP contribution < -0.4 is 20.7 Å². The van der Waals surface area contributed by atoms with E-state index in [9.17, 15) is 17.6 Å². The van der Waals surface area contributed by atoms with Gasteiger partial charge in [-0.3, -0.25) is 4.79 Å². The van der Waals surface area contributed by atoms with E-state index in [-0.39, 0.29) is 23.9 Å². The van der Waals surface area contributed by atoms with Crippen molar-refractivity contribution in [1.29, 1.82) is 0 Å². The van der Waals surface area contributed by atoms with Gasteiger partial charge in [-0.25, -0.2) is 22.5 Å². The quantitative estimate of drug-likeness (QED) is 0.272. The first-order chi connectivity index (χ1) is 19.6. The normalized spacial score (nSPS) is 14.8. The van der Waals surface area contributed by atoms with Crippen molar-refractivity contribution in [3.05, 3.63) is 95.9 Å². The number of nitrogens with one attached hydrogen (secondary N) is 4. The number of amides is 1. The Morgan fingerprint density at radius 2 is 1.80 bits per heavy atom. The average Bonchev–Trinajstić information content (AvgIpc) is 2.96. The second kappa shape index (κ2) is 11.6. The van der Waals surface area contributed by atoms with Crippen molar-refractivity contribution in [3.63, 3.8) is 0 Å². The summed E-state index contributed by atoms with van der Waals surface area (Å²) >= 11 is 0. The van der Waals surface area contributed by atoms with E-state index in [1.54, 1.807) is 62.5 Å². The fourth-order valence-corrected chi connectivity index (χ4v) is 5.66. The molecule has 4 bridgehead atoms. The number of halogens is 1. The second-order valence-corrected chi connectivity index (χ2v) is 12.0. The first kappa shape index (κ1) is 28.2. The number of sulfonamides is 1. The summed E-state index contributed by atoms with van der Waals surface area (Å²) < 4.78 is 42.1. The first-order valence-corrected chi connectivity index (χ1v) is 14.7. The number of nitrogens with zero attached hydrogens (tertiary/aromatic N) is 2. The number of anilines is 3. The van der Waals surface area contributed by atoms with E-state index in [1.165, 1.54) is 6.07 Å². The van der Waals surface area contributed by atoms with Gasteiger partial charge in [-0.2, -0.15) is 4.98 Å². The van der Waals surface area contributed by atoms with Crippen LogP contribution in [0.2, 0.25) is 0 Å². The fraction of sp³-hybridized carbons (Fsp3) is 0.233.